The number of hydrogen-bond donors (Lipinski definition) is 2. The van der Waals surface area contributed by atoms with Crippen molar-refractivity contribution >= 4 is 29.1 Å². The number of nitrogens with one attached hydrogen (secondary N) is 1. The number of rotatable bonds is 9. The molecule has 0 aliphatic heterocycles. The molecule has 122 valence electrons. The van der Waals surface area contributed by atoms with E-state index >= 15 is 0 Å². The van der Waals surface area contributed by atoms with Gasteiger partial charge in [0.1, 0.15) is 4.88 Å². The van der Waals surface area contributed by atoms with Crippen LogP contribution in [0.3, 0.4) is 0 Å². The molecule has 0 aliphatic rings. The standard InChI is InChI=1S/C15H22N2O4S/c1-3-17(4-2)14(19)7-5-6-13(18)16-10-11-8-9-12(22-11)15(20)21/h8-9H,3-7,10H2,1-2H3,(H,16,18)(H,20,21). The number of nitrogens with zero attached hydrogens (tertiary/aromatic N) is 1. The van der Waals surface area contributed by atoms with E-state index in [4.69, 9.17) is 5.11 Å². The molecule has 0 spiro atoms. The van der Waals surface area contributed by atoms with Crippen LogP contribution in [0.1, 0.15) is 47.7 Å². The summed E-state index contributed by atoms with van der Waals surface area (Å²) in [5.74, 6) is -1.02. The summed E-state index contributed by atoms with van der Waals surface area (Å²) in [6.07, 6.45) is 1.19. The van der Waals surface area contributed by atoms with Gasteiger partial charge in [0, 0.05) is 30.8 Å². The molecule has 6 nitrogen and oxygen atoms in total. The molecule has 1 aromatic heterocycles. The molecule has 0 saturated carbocycles. The minimum Gasteiger partial charge on any atom is -0.477 e. The van der Waals surface area contributed by atoms with Crippen LogP contribution in [0.4, 0.5) is 0 Å². The zero-order chi connectivity index (χ0) is 16.5. The third-order valence-electron chi connectivity index (χ3n) is 3.24. The Morgan fingerprint density at radius 1 is 1.18 bits per heavy atom. The first-order chi connectivity index (χ1) is 10.5. The van der Waals surface area contributed by atoms with E-state index in [1.165, 1.54) is 6.07 Å². The summed E-state index contributed by atoms with van der Waals surface area (Å²) in [6.45, 7) is 5.56. The molecule has 2 amide bonds. The second-order valence-electron chi connectivity index (χ2n) is 4.77. The van der Waals surface area contributed by atoms with Crippen LogP contribution in [0.15, 0.2) is 12.1 Å². The molecule has 1 aromatic rings. The fourth-order valence-electron chi connectivity index (χ4n) is 2.00. The van der Waals surface area contributed by atoms with Crippen LogP contribution in [-0.2, 0) is 16.1 Å². The molecule has 0 bridgehead atoms. The van der Waals surface area contributed by atoms with Crippen molar-refractivity contribution in [2.75, 3.05) is 13.1 Å². The fourth-order valence-corrected chi connectivity index (χ4v) is 2.78. The van der Waals surface area contributed by atoms with E-state index < -0.39 is 5.97 Å². The molecule has 0 radical (unpaired) electrons. The summed E-state index contributed by atoms with van der Waals surface area (Å²) < 4.78 is 0. The van der Waals surface area contributed by atoms with Crippen LogP contribution >= 0.6 is 11.3 Å². The topological polar surface area (TPSA) is 86.7 Å². The zero-order valence-corrected chi connectivity index (χ0v) is 13.7. The maximum absolute atomic E-state index is 11.8. The van der Waals surface area contributed by atoms with Crippen molar-refractivity contribution in [2.45, 2.75) is 39.7 Å². The Hall–Kier alpha value is -1.89. The predicted molar refractivity (Wildman–Crippen MR) is 84.9 cm³/mol. The van der Waals surface area contributed by atoms with Gasteiger partial charge in [-0.25, -0.2) is 4.79 Å². The highest BCUT2D eigenvalue weighted by atomic mass is 32.1. The third-order valence-corrected chi connectivity index (χ3v) is 4.32. The van der Waals surface area contributed by atoms with E-state index in [9.17, 15) is 14.4 Å². The quantitative estimate of drug-likeness (QED) is 0.727. The number of carbonyl (C=O) groups is 3. The fraction of sp³-hybridized carbons (Fsp3) is 0.533. The zero-order valence-electron chi connectivity index (χ0n) is 12.9. The number of thiophene rings is 1. The molecule has 0 saturated heterocycles. The maximum atomic E-state index is 11.8. The van der Waals surface area contributed by atoms with E-state index in [2.05, 4.69) is 5.32 Å². The van der Waals surface area contributed by atoms with Crippen LogP contribution in [0, 0.1) is 0 Å². The van der Waals surface area contributed by atoms with E-state index in [0.29, 0.717) is 38.9 Å². The van der Waals surface area contributed by atoms with Gasteiger partial charge >= 0.3 is 5.97 Å². The number of hydrogen-bond acceptors (Lipinski definition) is 4. The lowest BCUT2D eigenvalue weighted by Gasteiger charge is -2.18. The number of amides is 2. The Morgan fingerprint density at radius 2 is 1.86 bits per heavy atom. The Balaban J connectivity index is 2.26. The van der Waals surface area contributed by atoms with Gasteiger partial charge in [0.15, 0.2) is 0 Å². The highest BCUT2D eigenvalue weighted by Crippen LogP contribution is 2.16. The normalized spacial score (nSPS) is 10.3. The van der Waals surface area contributed by atoms with Gasteiger partial charge in [-0.3, -0.25) is 9.59 Å². The number of carbonyl (C=O) groups excluding carboxylic acids is 2. The molecule has 2 N–H and O–H groups in total. The second-order valence-corrected chi connectivity index (χ2v) is 5.94. The van der Waals surface area contributed by atoms with Gasteiger partial charge in [-0.1, -0.05) is 0 Å². The van der Waals surface area contributed by atoms with Gasteiger partial charge in [0.2, 0.25) is 11.8 Å². The largest absolute Gasteiger partial charge is 0.477 e. The Kier molecular flexibility index (Phi) is 7.59. The van der Waals surface area contributed by atoms with Gasteiger partial charge in [-0.2, -0.15) is 0 Å². The van der Waals surface area contributed by atoms with Crippen LogP contribution in [-0.4, -0.2) is 40.9 Å². The Labute approximate surface area is 134 Å². The smallest absolute Gasteiger partial charge is 0.345 e. The van der Waals surface area contributed by atoms with Gasteiger partial charge in [0.25, 0.3) is 0 Å². The van der Waals surface area contributed by atoms with Gasteiger partial charge in [-0.15, -0.1) is 11.3 Å². The van der Waals surface area contributed by atoms with E-state index in [1.807, 2.05) is 13.8 Å². The molecule has 0 aliphatic carbocycles. The molecule has 0 unspecified atom stereocenters. The van der Waals surface area contributed by atoms with Crippen LogP contribution < -0.4 is 5.32 Å². The van der Waals surface area contributed by atoms with Crippen LogP contribution in [0.25, 0.3) is 0 Å². The van der Waals surface area contributed by atoms with E-state index in [-0.39, 0.29) is 16.7 Å². The van der Waals surface area contributed by atoms with Crippen molar-refractivity contribution in [2.24, 2.45) is 0 Å². The van der Waals surface area contributed by atoms with Gasteiger partial charge in [-0.05, 0) is 32.4 Å². The first kappa shape index (κ1) is 18.2. The number of aromatic carboxylic acids is 1. The SMILES string of the molecule is CCN(CC)C(=O)CCCC(=O)NCc1ccc(C(=O)O)s1. The van der Waals surface area contributed by atoms with Crippen LogP contribution in [0.2, 0.25) is 0 Å². The minimum absolute atomic E-state index is 0.0714. The predicted octanol–water partition coefficient (Wildman–Crippen LogP) is 2.10. The van der Waals surface area contributed by atoms with Gasteiger partial charge < -0.3 is 15.3 Å². The van der Waals surface area contributed by atoms with Crippen molar-refractivity contribution in [1.29, 1.82) is 0 Å². The van der Waals surface area contributed by atoms with E-state index in [1.54, 1.807) is 11.0 Å². The minimum atomic E-state index is -0.961. The van der Waals surface area contributed by atoms with Crippen molar-refractivity contribution < 1.29 is 19.5 Å². The lowest BCUT2D eigenvalue weighted by molar-refractivity contribution is -0.131. The molecule has 1 rings (SSSR count). The van der Waals surface area contributed by atoms with Crippen molar-refractivity contribution in [3.8, 4) is 0 Å². The Morgan fingerprint density at radius 3 is 2.41 bits per heavy atom. The first-order valence-corrected chi connectivity index (χ1v) is 8.16. The number of carboxylic acids is 1. The highest BCUT2D eigenvalue weighted by Gasteiger charge is 2.11. The average Bonchev–Trinajstić information content (AvgIpc) is 2.95. The molecule has 1 heterocycles. The molecular formula is C15H22N2O4S. The monoisotopic (exact) mass is 326 g/mol. The molecule has 0 fully saturated rings. The van der Waals surface area contributed by atoms with Crippen molar-refractivity contribution in [1.82, 2.24) is 10.2 Å². The summed E-state index contributed by atoms with van der Waals surface area (Å²) in [5, 5.41) is 11.6. The lowest BCUT2D eigenvalue weighted by Crippen LogP contribution is -2.30. The van der Waals surface area contributed by atoms with Crippen molar-refractivity contribution in [3.63, 3.8) is 0 Å². The summed E-state index contributed by atoms with van der Waals surface area (Å²) >= 11 is 1.15. The molecule has 0 atom stereocenters. The average molecular weight is 326 g/mol. The van der Waals surface area contributed by atoms with E-state index in [0.717, 1.165) is 16.2 Å². The summed E-state index contributed by atoms with van der Waals surface area (Å²) in [7, 11) is 0. The van der Waals surface area contributed by atoms with Crippen LogP contribution in [0.5, 0.6) is 0 Å². The molecular weight excluding hydrogens is 304 g/mol. The second kappa shape index (κ2) is 9.19. The molecule has 0 aromatic carbocycles. The lowest BCUT2D eigenvalue weighted by atomic mass is 10.2. The summed E-state index contributed by atoms with van der Waals surface area (Å²) in [5.41, 5.74) is 0. The molecule has 7 heteroatoms. The molecule has 22 heavy (non-hydrogen) atoms. The van der Waals surface area contributed by atoms with Gasteiger partial charge in [0.05, 0.1) is 6.54 Å². The summed E-state index contributed by atoms with van der Waals surface area (Å²) in [6, 6.07) is 3.22. The summed E-state index contributed by atoms with van der Waals surface area (Å²) in [4.78, 5) is 37.0. The maximum Gasteiger partial charge on any atom is 0.345 e. The first-order valence-electron chi connectivity index (χ1n) is 7.34. The highest BCUT2D eigenvalue weighted by molar-refractivity contribution is 7.13. The van der Waals surface area contributed by atoms with Crippen molar-refractivity contribution in [3.05, 3.63) is 21.9 Å². The number of carboxylic acid groups (broad SMARTS) is 1. The third kappa shape index (κ3) is 5.85. The Bertz CT molecular complexity index is 523.